The summed E-state index contributed by atoms with van der Waals surface area (Å²) in [7, 11) is 1.40. The van der Waals surface area contributed by atoms with E-state index in [1.165, 1.54) is 20.2 Å². The Morgan fingerprint density at radius 2 is 1.80 bits per heavy atom. The van der Waals surface area contributed by atoms with Gasteiger partial charge in [0.1, 0.15) is 30.1 Å². The summed E-state index contributed by atoms with van der Waals surface area (Å²) < 4.78 is 17.2. The number of cyclic esters (lactones) is 1. The van der Waals surface area contributed by atoms with E-state index in [0.717, 1.165) is 5.56 Å². The first-order chi connectivity index (χ1) is 23.6. The fourth-order valence-corrected chi connectivity index (χ4v) is 8.12. The van der Waals surface area contributed by atoms with Crippen LogP contribution in [0.25, 0.3) is 0 Å². The van der Waals surface area contributed by atoms with E-state index in [-0.39, 0.29) is 48.4 Å². The van der Waals surface area contributed by atoms with Gasteiger partial charge < -0.3 is 35.1 Å². The van der Waals surface area contributed by atoms with Crippen LogP contribution in [0.3, 0.4) is 0 Å². The summed E-state index contributed by atoms with van der Waals surface area (Å²) in [6, 6.07) is 6.64. The number of allylic oxidation sites excluding steroid dienone is 1. The van der Waals surface area contributed by atoms with Crippen molar-refractivity contribution in [1.82, 2.24) is 10.6 Å². The van der Waals surface area contributed by atoms with Crippen LogP contribution in [-0.4, -0.2) is 83.6 Å². The van der Waals surface area contributed by atoms with Crippen molar-refractivity contribution in [1.29, 1.82) is 0 Å². The number of carbonyl (C=O) groups is 6. The number of aliphatic hydroxyl groups excluding tert-OH is 1. The lowest BCUT2D eigenvalue weighted by atomic mass is 9.53. The van der Waals surface area contributed by atoms with E-state index in [1.807, 2.05) is 0 Å². The molecule has 268 valence electrons. The molecule has 1 heterocycles. The van der Waals surface area contributed by atoms with Crippen molar-refractivity contribution in [2.75, 3.05) is 13.7 Å². The van der Waals surface area contributed by atoms with Gasteiger partial charge >= 0.3 is 17.9 Å². The molecule has 1 aliphatic heterocycles. The summed E-state index contributed by atoms with van der Waals surface area (Å²) in [5, 5.41) is 27.0. The number of aliphatic carboxylic acids is 1. The Morgan fingerprint density at radius 3 is 2.40 bits per heavy atom. The summed E-state index contributed by atoms with van der Waals surface area (Å²) in [6.07, 6.45) is -0.208. The van der Waals surface area contributed by atoms with Gasteiger partial charge in [-0.25, -0.2) is 9.59 Å². The molecule has 0 spiro atoms. The Balaban J connectivity index is 1.64. The van der Waals surface area contributed by atoms with Crippen molar-refractivity contribution < 1.29 is 53.2 Å². The highest BCUT2D eigenvalue weighted by Crippen LogP contribution is 2.62. The fraction of sp³-hybridized carbons (Fsp3) is 0.514. The van der Waals surface area contributed by atoms with E-state index >= 15 is 0 Å². The summed E-state index contributed by atoms with van der Waals surface area (Å²) in [4.78, 5) is 79.2. The fourth-order valence-electron chi connectivity index (χ4n) is 8.12. The molecule has 0 bridgehead atoms. The number of hydrogen-bond donors (Lipinski definition) is 4. The lowest BCUT2D eigenvalue weighted by molar-refractivity contribution is -0.160. The average Bonchev–Trinajstić information content (AvgIpc) is 3.34. The molecule has 5 rings (SSSR count). The van der Waals surface area contributed by atoms with E-state index in [9.17, 15) is 39.0 Å². The van der Waals surface area contributed by atoms with Crippen LogP contribution in [0.4, 0.5) is 0 Å². The number of methoxy groups -OCH3 is 1. The summed E-state index contributed by atoms with van der Waals surface area (Å²) in [5.41, 5.74) is -1.60. The number of carbonyl (C=O) groups excluding carboxylic acids is 5. The number of rotatable bonds is 11. The molecule has 13 heteroatoms. The number of ether oxygens (including phenoxy) is 3. The SMILES string of the molecule is COCC1OC(=O)C(=CNC(Cc2ccccc2)C(=O)NC(C(=O)O)C(C)C)C2=C(O)C(=O)C3=C(C(OC(C)=O)CC4(C)C(=O)CCC34)C21C. The molecular formula is C37H44N2O11. The van der Waals surface area contributed by atoms with Crippen LogP contribution in [0.2, 0.25) is 0 Å². The predicted octanol–water partition coefficient (Wildman–Crippen LogP) is 2.89. The maximum Gasteiger partial charge on any atom is 0.340 e. The van der Waals surface area contributed by atoms with Crippen molar-refractivity contribution in [3.8, 4) is 0 Å². The highest BCUT2D eigenvalue weighted by molar-refractivity contribution is 6.14. The van der Waals surface area contributed by atoms with Crippen LogP contribution in [0, 0.1) is 22.7 Å². The molecule has 3 aliphatic carbocycles. The number of ketones is 2. The van der Waals surface area contributed by atoms with E-state index in [2.05, 4.69) is 10.6 Å². The van der Waals surface area contributed by atoms with Crippen molar-refractivity contribution in [3.63, 3.8) is 0 Å². The molecule has 7 unspecified atom stereocenters. The van der Waals surface area contributed by atoms with Gasteiger partial charge in [0, 0.05) is 62.0 Å². The largest absolute Gasteiger partial charge is 0.504 e. The molecule has 1 saturated heterocycles. The highest BCUT2D eigenvalue weighted by atomic mass is 16.6. The predicted molar refractivity (Wildman–Crippen MR) is 177 cm³/mol. The third-order valence-corrected chi connectivity index (χ3v) is 10.7. The number of benzene rings is 1. The third-order valence-electron chi connectivity index (χ3n) is 10.7. The second-order valence-electron chi connectivity index (χ2n) is 14.2. The summed E-state index contributed by atoms with van der Waals surface area (Å²) in [5.74, 6) is -6.02. The molecule has 0 radical (unpaired) electrons. The van der Waals surface area contributed by atoms with E-state index in [1.54, 1.807) is 58.0 Å². The first kappa shape index (κ1) is 36.5. The van der Waals surface area contributed by atoms with Crippen LogP contribution >= 0.6 is 0 Å². The van der Waals surface area contributed by atoms with Crippen molar-refractivity contribution in [2.45, 2.75) is 84.6 Å². The Hall–Kier alpha value is -4.78. The lowest BCUT2D eigenvalue weighted by Gasteiger charge is -2.53. The van der Waals surface area contributed by atoms with Gasteiger partial charge in [0.15, 0.2) is 5.76 Å². The molecule has 4 N–H and O–H groups in total. The molecule has 13 nitrogen and oxygen atoms in total. The first-order valence-electron chi connectivity index (χ1n) is 16.7. The van der Waals surface area contributed by atoms with Crippen molar-refractivity contribution in [2.24, 2.45) is 22.7 Å². The number of nitrogens with one attached hydrogen (secondary N) is 2. The molecule has 50 heavy (non-hydrogen) atoms. The number of fused-ring (bicyclic) bond motifs is 4. The van der Waals surface area contributed by atoms with Crippen molar-refractivity contribution >= 4 is 35.4 Å². The maximum atomic E-state index is 14.3. The number of hydrogen-bond acceptors (Lipinski definition) is 11. The normalized spacial score (nSPS) is 29.5. The van der Waals surface area contributed by atoms with Gasteiger partial charge in [0.25, 0.3) is 0 Å². The standard InChI is InChI=1S/C37H44N2O11/c1-18(2)30(34(45)46)39-33(44)23(14-20-10-8-7-9-11-20)38-16-21-28-32(43)31(42)27-22-12-13-25(41)36(22,4)15-24(49-19(3)40)29(27)37(28,5)26(17-48-6)50-35(21)47/h7-11,16,18,22-24,26,30,38,43H,12-15,17H2,1-6H3,(H,39,44)(H,45,46). The van der Waals surface area contributed by atoms with Crippen LogP contribution < -0.4 is 10.6 Å². The Morgan fingerprint density at radius 1 is 1.12 bits per heavy atom. The molecule has 1 aromatic carbocycles. The zero-order chi connectivity index (χ0) is 36.7. The molecule has 2 fully saturated rings. The van der Waals surface area contributed by atoms with E-state index in [4.69, 9.17) is 14.2 Å². The quantitative estimate of drug-likeness (QED) is 0.196. The number of Topliss-reactive ketones (excluding diaryl/α,β-unsaturated/α-hetero) is 2. The van der Waals surface area contributed by atoms with Gasteiger partial charge in [0.05, 0.1) is 17.6 Å². The monoisotopic (exact) mass is 692 g/mol. The van der Waals surface area contributed by atoms with Gasteiger partial charge in [-0.2, -0.15) is 0 Å². The van der Waals surface area contributed by atoms with Gasteiger partial charge in [0.2, 0.25) is 11.7 Å². The second kappa shape index (κ2) is 13.9. The number of amides is 1. The Kier molecular flexibility index (Phi) is 10.1. The van der Waals surface area contributed by atoms with Gasteiger partial charge in [-0.15, -0.1) is 0 Å². The number of esters is 2. The molecule has 0 aromatic heterocycles. The zero-order valence-corrected chi connectivity index (χ0v) is 29.0. The Labute approximate surface area is 290 Å². The van der Waals surface area contributed by atoms with Gasteiger partial charge in [-0.3, -0.25) is 19.2 Å². The molecule has 1 aromatic rings. The number of aliphatic hydroxyl groups is 1. The minimum Gasteiger partial charge on any atom is -0.504 e. The Bertz CT molecular complexity index is 1710. The third kappa shape index (κ3) is 6.23. The molecular weight excluding hydrogens is 648 g/mol. The second-order valence-corrected chi connectivity index (χ2v) is 14.2. The molecule has 4 aliphatic rings. The van der Waals surface area contributed by atoms with Gasteiger partial charge in [-0.1, -0.05) is 51.1 Å². The molecule has 1 saturated carbocycles. The van der Waals surface area contributed by atoms with E-state index in [0.29, 0.717) is 12.0 Å². The van der Waals surface area contributed by atoms with Gasteiger partial charge in [-0.05, 0) is 30.4 Å². The number of carboxylic acid groups (broad SMARTS) is 1. The van der Waals surface area contributed by atoms with Crippen LogP contribution in [0.5, 0.6) is 0 Å². The smallest absolute Gasteiger partial charge is 0.340 e. The van der Waals surface area contributed by atoms with Crippen molar-refractivity contribution in [3.05, 3.63) is 70.1 Å². The summed E-state index contributed by atoms with van der Waals surface area (Å²) in [6.45, 7) is 7.81. The topological polar surface area (TPSA) is 195 Å². The van der Waals surface area contributed by atoms with E-state index < -0.39 is 82.3 Å². The molecule has 1 amide bonds. The maximum absolute atomic E-state index is 14.3. The lowest BCUT2D eigenvalue weighted by Crippen LogP contribution is -2.57. The van der Waals surface area contributed by atoms with Crippen LogP contribution in [-0.2, 0) is 49.4 Å². The number of carboxylic acids is 1. The summed E-state index contributed by atoms with van der Waals surface area (Å²) >= 11 is 0. The highest BCUT2D eigenvalue weighted by Gasteiger charge is 2.64. The molecule has 7 atom stereocenters. The van der Waals surface area contributed by atoms with Crippen LogP contribution in [0.15, 0.2) is 64.6 Å². The first-order valence-corrected chi connectivity index (χ1v) is 16.7. The average molecular weight is 693 g/mol. The van der Waals surface area contributed by atoms with Crippen LogP contribution in [0.1, 0.15) is 59.4 Å². The minimum atomic E-state index is -1.47. The zero-order valence-electron chi connectivity index (χ0n) is 29.0. The minimum absolute atomic E-state index is 0.0722.